The zero-order valence-corrected chi connectivity index (χ0v) is 13.1. The summed E-state index contributed by atoms with van der Waals surface area (Å²) in [6.45, 7) is 6.71. The van der Waals surface area contributed by atoms with Crippen LogP contribution in [0, 0.1) is 0 Å². The fourth-order valence-corrected chi connectivity index (χ4v) is 2.94. The Balaban J connectivity index is 1.99. The smallest absolute Gasteiger partial charge is 0.106 e. The molecule has 2 heteroatoms. The highest BCUT2D eigenvalue weighted by atomic mass is 32.1. The van der Waals surface area contributed by atoms with E-state index in [1.54, 1.807) is 0 Å². The molecule has 1 saturated carbocycles. The van der Waals surface area contributed by atoms with Gasteiger partial charge in [-0.3, -0.25) is 0 Å². The first kappa shape index (κ1) is 14.5. The molecule has 1 aliphatic rings. The Hall–Kier alpha value is -0.890. The highest BCUT2D eigenvalue weighted by Crippen LogP contribution is 2.23. The molecule has 0 saturated heterocycles. The molecular formula is C17H25NS. The number of rotatable bonds is 2. The van der Waals surface area contributed by atoms with Crippen molar-refractivity contribution in [2.45, 2.75) is 64.3 Å². The monoisotopic (exact) mass is 275 g/mol. The first-order chi connectivity index (χ1) is 8.97. The lowest BCUT2D eigenvalue weighted by atomic mass is 9.86. The molecule has 0 amide bonds. The predicted molar refractivity (Wildman–Crippen MR) is 86.9 cm³/mol. The van der Waals surface area contributed by atoms with Crippen molar-refractivity contribution in [1.82, 2.24) is 5.32 Å². The second-order valence-corrected chi connectivity index (χ2v) is 7.04. The molecule has 0 aliphatic heterocycles. The van der Waals surface area contributed by atoms with Gasteiger partial charge in [-0.05, 0) is 23.8 Å². The Bertz CT molecular complexity index is 422. The largest absolute Gasteiger partial charge is 0.373 e. The van der Waals surface area contributed by atoms with Crippen molar-refractivity contribution in [3.05, 3.63) is 35.4 Å². The molecule has 1 nitrogen and oxygen atoms in total. The molecule has 104 valence electrons. The van der Waals surface area contributed by atoms with Gasteiger partial charge in [0.1, 0.15) is 4.99 Å². The first-order valence-electron chi connectivity index (χ1n) is 7.38. The predicted octanol–water partition coefficient (Wildman–Crippen LogP) is 4.58. The van der Waals surface area contributed by atoms with Crippen LogP contribution in [0.2, 0.25) is 0 Å². The minimum Gasteiger partial charge on any atom is -0.373 e. The summed E-state index contributed by atoms with van der Waals surface area (Å²) >= 11 is 5.53. The van der Waals surface area contributed by atoms with Gasteiger partial charge in [0.15, 0.2) is 0 Å². The van der Waals surface area contributed by atoms with E-state index >= 15 is 0 Å². The average Bonchev–Trinajstić information content (AvgIpc) is 2.39. The molecule has 0 heterocycles. The second-order valence-electron chi connectivity index (χ2n) is 6.64. The van der Waals surface area contributed by atoms with Crippen molar-refractivity contribution in [3.63, 3.8) is 0 Å². The van der Waals surface area contributed by atoms with Gasteiger partial charge in [0.05, 0.1) is 0 Å². The molecule has 1 aromatic carbocycles. The lowest BCUT2D eigenvalue weighted by Crippen LogP contribution is -2.35. The van der Waals surface area contributed by atoms with E-state index in [2.05, 4.69) is 50.4 Å². The molecular weight excluding hydrogens is 250 g/mol. The Morgan fingerprint density at radius 2 is 1.63 bits per heavy atom. The summed E-state index contributed by atoms with van der Waals surface area (Å²) in [6, 6.07) is 9.29. The summed E-state index contributed by atoms with van der Waals surface area (Å²) in [5, 5.41) is 3.52. The maximum atomic E-state index is 5.53. The normalized spacial score (nSPS) is 17.2. The van der Waals surface area contributed by atoms with Crippen LogP contribution in [-0.4, -0.2) is 11.0 Å². The summed E-state index contributed by atoms with van der Waals surface area (Å²) in [4.78, 5) is 0.910. The third kappa shape index (κ3) is 4.04. The minimum atomic E-state index is 0.205. The zero-order valence-electron chi connectivity index (χ0n) is 12.3. The van der Waals surface area contributed by atoms with Crippen molar-refractivity contribution < 1.29 is 0 Å². The molecule has 0 spiro atoms. The van der Waals surface area contributed by atoms with Crippen LogP contribution in [0.1, 0.15) is 64.0 Å². The van der Waals surface area contributed by atoms with Gasteiger partial charge in [0, 0.05) is 11.6 Å². The topological polar surface area (TPSA) is 12.0 Å². The van der Waals surface area contributed by atoms with Gasteiger partial charge in [-0.15, -0.1) is 0 Å². The summed E-state index contributed by atoms with van der Waals surface area (Å²) in [6.07, 6.45) is 6.58. The third-order valence-electron chi connectivity index (χ3n) is 3.95. The number of nitrogens with one attached hydrogen (secondary N) is 1. The molecule has 1 fully saturated rings. The average molecular weight is 275 g/mol. The highest BCUT2D eigenvalue weighted by Gasteiger charge is 2.16. The van der Waals surface area contributed by atoms with Crippen LogP contribution in [0.25, 0.3) is 0 Å². The van der Waals surface area contributed by atoms with E-state index in [4.69, 9.17) is 12.2 Å². The minimum absolute atomic E-state index is 0.205. The number of benzene rings is 1. The van der Waals surface area contributed by atoms with E-state index in [1.807, 2.05) is 0 Å². The van der Waals surface area contributed by atoms with Gasteiger partial charge in [-0.2, -0.15) is 0 Å². The molecule has 0 unspecified atom stereocenters. The van der Waals surface area contributed by atoms with Crippen LogP contribution < -0.4 is 5.32 Å². The summed E-state index contributed by atoms with van der Waals surface area (Å²) < 4.78 is 0. The van der Waals surface area contributed by atoms with Crippen molar-refractivity contribution in [2.24, 2.45) is 0 Å². The number of hydrogen-bond acceptors (Lipinski definition) is 1. The third-order valence-corrected chi connectivity index (χ3v) is 4.31. The van der Waals surface area contributed by atoms with Crippen LogP contribution in [-0.2, 0) is 5.41 Å². The van der Waals surface area contributed by atoms with Gasteiger partial charge >= 0.3 is 0 Å². The van der Waals surface area contributed by atoms with E-state index < -0.39 is 0 Å². The Morgan fingerprint density at radius 3 is 2.16 bits per heavy atom. The van der Waals surface area contributed by atoms with Crippen LogP contribution >= 0.6 is 12.2 Å². The van der Waals surface area contributed by atoms with Crippen LogP contribution in [0.5, 0.6) is 0 Å². The lowest BCUT2D eigenvalue weighted by Gasteiger charge is -2.24. The van der Waals surface area contributed by atoms with E-state index in [-0.39, 0.29) is 5.41 Å². The van der Waals surface area contributed by atoms with Gasteiger partial charge in [-0.1, -0.05) is 76.5 Å². The maximum Gasteiger partial charge on any atom is 0.106 e. The lowest BCUT2D eigenvalue weighted by molar-refractivity contribution is 0.415. The standard InChI is InChI=1S/C17H25NS/c1-17(2,3)14-11-9-13(10-12-14)16(19)18-15-7-5-4-6-8-15/h9-12,15H,4-8H2,1-3H3,(H,18,19). The van der Waals surface area contributed by atoms with Gasteiger partial charge in [0.2, 0.25) is 0 Å². The van der Waals surface area contributed by atoms with Crippen molar-refractivity contribution in [2.75, 3.05) is 0 Å². The van der Waals surface area contributed by atoms with Gasteiger partial charge in [-0.25, -0.2) is 0 Å². The Kier molecular flexibility index (Phi) is 4.62. The molecule has 1 N–H and O–H groups in total. The first-order valence-corrected chi connectivity index (χ1v) is 7.79. The molecule has 0 atom stereocenters. The van der Waals surface area contributed by atoms with Crippen molar-refractivity contribution in [3.8, 4) is 0 Å². The zero-order chi connectivity index (χ0) is 13.9. The fourth-order valence-electron chi connectivity index (χ4n) is 2.64. The molecule has 1 aliphatic carbocycles. The van der Waals surface area contributed by atoms with E-state index in [9.17, 15) is 0 Å². The summed E-state index contributed by atoms with van der Waals surface area (Å²) in [7, 11) is 0. The quantitative estimate of drug-likeness (QED) is 0.793. The molecule has 1 aromatic rings. The van der Waals surface area contributed by atoms with E-state index in [0.717, 1.165) is 10.6 Å². The molecule has 2 rings (SSSR count). The van der Waals surface area contributed by atoms with E-state index in [1.165, 1.54) is 37.7 Å². The maximum absolute atomic E-state index is 5.53. The van der Waals surface area contributed by atoms with Crippen molar-refractivity contribution >= 4 is 17.2 Å². The molecule has 0 radical (unpaired) electrons. The highest BCUT2D eigenvalue weighted by molar-refractivity contribution is 7.80. The Morgan fingerprint density at radius 1 is 1.05 bits per heavy atom. The molecule has 19 heavy (non-hydrogen) atoms. The van der Waals surface area contributed by atoms with Crippen LogP contribution in [0.4, 0.5) is 0 Å². The fraction of sp³-hybridized carbons (Fsp3) is 0.588. The SMILES string of the molecule is CC(C)(C)c1ccc(C(=S)NC2CCCCC2)cc1. The second kappa shape index (κ2) is 6.04. The van der Waals surface area contributed by atoms with E-state index in [0.29, 0.717) is 6.04 Å². The molecule has 0 bridgehead atoms. The van der Waals surface area contributed by atoms with Crippen LogP contribution in [0.15, 0.2) is 24.3 Å². The van der Waals surface area contributed by atoms with Gasteiger partial charge in [0.25, 0.3) is 0 Å². The number of hydrogen-bond donors (Lipinski definition) is 1. The molecule has 0 aromatic heterocycles. The van der Waals surface area contributed by atoms with Crippen LogP contribution in [0.3, 0.4) is 0 Å². The summed E-state index contributed by atoms with van der Waals surface area (Å²) in [5.74, 6) is 0. The van der Waals surface area contributed by atoms with Crippen molar-refractivity contribution in [1.29, 1.82) is 0 Å². The number of thiocarbonyl (C=S) groups is 1. The van der Waals surface area contributed by atoms with Gasteiger partial charge < -0.3 is 5.32 Å². The summed E-state index contributed by atoms with van der Waals surface area (Å²) in [5.41, 5.74) is 2.71. The Labute approximate surface area is 122 Å².